The Balaban J connectivity index is 1.75. The van der Waals surface area contributed by atoms with Gasteiger partial charge in [0.25, 0.3) is 10.0 Å². The number of carbonyl (C=O) groups excluding carboxylic acids is 1. The maximum absolute atomic E-state index is 13.5. The molecule has 176 valence electrons. The summed E-state index contributed by atoms with van der Waals surface area (Å²) in [5, 5.41) is 6.47. The SMILES string of the molecule is COc1ccc(N(CCC(=O)NCCc2nc(C)no2)S(=O)(=O)c2ccc(C)c(C)c2)cc1. The zero-order valence-corrected chi connectivity index (χ0v) is 20.0. The number of carbonyl (C=O) groups is 1. The van der Waals surface area contributed by atoms with Crippen molar-refractivity contribution in [1.82, 2.24) is 15.5 Å². The fourth-order valence-electron chi connectivity index (χ4n) is 3.18. The first-order chi connectivity index (χ1) is 15.7. The van der Waals surface area contributed by atoms with Crippen LogP contribution in [0.3, 0.4) is 0 Å². The third-order valence-corrected chi connectivity index (χ3v) is 7.02. The first-order valence-corrected chi connectivity index (χ1v) is 11.9. The van der Waals surface area contributed by atoms with Crippen molar-refractivity contribution in [1.29, 1.82) is 0 Å². The molecule has 2 aromatic carbocycles. The molecule has 0 aliphatic heterocycles. The Morgan fingerprint density at radius 2 is 1.82 bits per heavy atom. The van der Waals surface area contributed by atoms with E-state index >= 15 is 0 Å². The van der Waals surface area contributed by atoms with Gasteiger partial charge in [-0.05, 0) is 68.3 Å². The molecule has 3 aromatic rings. The van der Waals surface area contributed by atoms with Crippen molar-refractivity contribution in [2.24, 2.45) is 0 Å². The number of aryl methyl sites for hydroxylation is 3. The van der Waals surface area contributed by atoms with E-state index < -0.39 is 10.0 Å². The maximum atomic E-state index is 13.5. The van der Waals surface area contributed by atoms with Crippen LogP contribution in [0.1, 0.15) is 29.3 Å². The number of benzene rings is 2. The molecule has 0 unspecified atom stereocenters. The van der Waals surface area contributed by atoms with Crippen LogP contribution in [0.4, 0.5) is 5.69 Å². The predicted molar refractivity (Wildman–Crippen MR) is 124 cm³/mol. The number of nitrogens with one attached hydrogen (secondary N) is 1. The van der Waals surface area contributed by atoms with E-state index in [0.29, 0.717) is 36.1 Å². The van der Waals surface area contributed by atoms with Crippen LogP contribution in [0.15, 0.2) is 51.9 Å². The van der Waals surface area contributed by atoms with Crippen molar-refractivity contribution in [2.45, 2.75) is 38.5 Å². The minimum absolute atomic E-state index is 0.0149. The first-order valence-electron chi connectivity index (χ1n) is 10.5. The van der Waals surface area contributed by atoms with Gasteiger partial charge >= 0.3 is 0 Å². The number of sulfonamides is 1. The molecule has 0 radical (unpaired) electrons. The van der Waals surface area contributed by atoms with Crippen LogP contribution in [0, 0.1) is 20.8 Å². The zero-order valence-electron chi connectivity index (χ0n) is 19.2. The molecule has 0 aliphatic rings. The number of hydrogen-bond acceptors (Lipinski definition) is 7. The number of nitrogens with zero attached hydrogens (tertiary/aromatic N) is 3. The van der Waals surface area contributed by atoms with E-state index in [-0.39, 0.29) is 23.8 Å². The monoisotopic (exact) mass is 472 g/mol. The summed E-state index contributed by atoms with van der Waals surface area (Å²) < 4.78 is 38.4. The van der Waals surface area contributed by atoms with Crippen LogP contribution in [0.5, 0.6) is 5.75 Å². The summed E-state index contributed by atoms with van der Waals surface area (Å²) in [6.07, 6.45) is 0.384. The second-order valence-corrected chi connectivity index (χ2v) is 9.47. The highest BCUT2D eigenvalue weighted by atomic mass is 32.2. The summed E-state index contributed by atoms with van der Waals surface area (Å²) in [4.78, 5) is 16.7. The molecule has 1 aromatic heterocycles. The van der Waals surface area contributed by atoms with E-state index in [2.05, 4.69) is 15.5 Å². The number of methoxy groups -OCH3 is 1. The molecule has 1 N–H and O–H groups in total. The van der Waals surface area contributed by atoms with Crippen LogP contribution in [-0.4, -0.2) is 44.7 Å². The van der Waals surface area contributed by atoms with Gasteiger partial charge in [-0.2, -0.15) is 4.98 Å². The Hall–Kier alpha value is -3.40. The van der Waals surface area contributed by atoms with Crippen LogP contribution >= 0.6 is 0 Å². The van der Waals surface area contributed by atoms with Crippen LogP contribution in [0.25, 0.3) is 0 Å². The lowest BCUT2D eigenvalue weighted by Crippen LogP contribution is -2.36. The van der Waals surface area contributed by atoms with Gasteiger partial charge in [0.2, 0.25) is 11.8 Å². The normalized spacial score (nSPS) is 11.3. The van der Waals surface area contributed by atoms with Gasteiger partial charge in [0.05, 0.1) is 17.7 Å². The summed E-state index contributed by atoms with van der Waals surface area (Å²) in [5.74, 6) is 1.30. The second kappa shape index (κ2) is 10.5. The van der Waals surface area contributed by atoms with E-state index in [4.69, 9.17) is 9.26 Å². The first kappa shape index (κ1) is 24.2. The number of amides is 1. The van der Waals surface area contributed by atoms with Gasteiger partial charge < -0.3 is 14.6 Å². The second-order valence-electron chi connectivity index (χ2n) is 7.61. The zero-order chi connectivity index (χ0) is 24.0. The Labute approximate surface area is 193 Å². The van der Waals surface area contributed by atoms with E-state index in [1.165, 1.54) is 4.31 Å². The maximum Gasteiger partial charge on any atom is 0.264 e. The molecule has 9 nitrogen and oxygen atoms in total. The molecule has 0 saturated carbocycles. The third kappa shape index (κ3) is 6.10. The number of ether oxygens (including phenoxy) is 1. The molecule has 1 amide bonds. The van der Waals surface area contributed by atoms with E-state index in [0.717, 1.165) is 11.1 Å². The summed E-state index contributed by atoms with van der Waals surface area (Å²) >= 11 is 0. The number of hydrogen-bond donors (Lipinski definition) is 1. The Morgan fingerprint density at radius 3 is 2.42 bits per heavy atom. The molecule has 0 saturated heterocycles. The Kier molecular flexibility index (Phi) is 7.70. The topological polar surface area (TPSA) is 115 Å². The molecule has 0 atom stereocenters. The minimum Gasteiger partial charge on any atom is -0.497 e. The number of rotatable bonds is 10. The third-order valence-electron chi connectivity index (χ3n) is 5.20. The lowest BCUT2D eigenvalue weighted by Gasteiger charge is -2.25. The van der Waals surface area contributed by atoms with E-state index in [1.54, 1.807) is 56.5 Å². The van der Waals surface area contributed by atoms with Crippen molar-refractivity contribution in [3.8, 4) is 5.75 Å². The largest absolute Gasteiger partial charge is 0.497 e. The Bertz CT molecular complexity index is 1210. The summed E-state index contributed by atoms with van der Waals surface area (Å²) in [6, 6.07) is 11.7. The van der Waals surface area contributed by atoms with Crippen LogP contribution in [-0.2, 0) is 21.2 Å². The molecule has 0 spiro atoms. The van der Waals surface area contributed by atoms with E-state index in [1.807, 2.05) is 13.8 Å². The lowest BCUT2D eigenvalue weighted by molar-refractivity contribution is -0.120. The van der Waals surface area contributed by atoms with Gasteiger partial charge in [-0.1, -0.05) is 11.2 Å². The van der Waals surface area contributed by atoms with E-state index in [9.17, 15) is 13.2 Å². The van der Waals surface area contributed by atoms with Crippen molar-refractivity contribution in [3.05, 3.63) is 65.3 Å². The van der Waals surface area contributed by atoms with Crippen molar-refractivity contribution in [2.75, 3.05) is 24.5 Å². The fourth-order valence-corrected chi connectivity index (χ4v) is 4.73. The van der Waals surface area contributed by atoms with Crippen LogP contribution in [0.2, 0.25) is 0 Å². The van der Waals surface area contributed by atoms with Crippen molar-refractivity contribution >= 4 is 21.6 Å². The fraction of sp³-hybridized carbons (Fsp3) is 0.348. The lowest BCUT2D eigenvalue weighted by atomic mass is 10.1. The molecule has 1 heterocycles. The van der Waals surface area contributed by atoms with Gasteiger partial charge in [0.15, 0.2) is 5.82 Å². The van der Waals surface area contributed by atoms with Gasteiger partial charge in [-0.3, -0.25) is 9.10 Å². The van der Waals surface area contributed by atoms with Crippen LogP contribution < -0.4 is 14.4 Å². The molecule has 33 heavy (non-hydrogen) atoms. The quantitative estimate of drug-likeness (QED) is 0.482. The van der Waals surface area contributed by atoms with Gasteiger partial charge in [-0.15, -0.1) is 0 Å². The standard InChI is InChI=1S/C23H28N4O5S/c1-16-5-10-21(15-17(16)2)33(29,30)27(19-6-8-20(31-4)9-7-19)14-12-22(28)24-13-11-23-25-18(3)26-32-23/h5-10,15H,11-14H2,1-4H3,(H,24,28). The van der Waals surface area contributed by atoms with Gasteiger partial charge in [-0.25, -0.2) is 8.42 Å². The smallest absolute Gasteiger partial charge is 0.264 e. The summed E-state index contributed by atoms with van der Waals surface area (Å²) in [7, 11) is -2.35. The minimum atomic E-state index is -3.89. The molecular weight excluding hydrogens is 444 g/mol. The molecule has 0 aliphatic carbocycles. The highest BCUT2D eigenvalue weighted by molar-refractivity contribution is 7.92. The average Bonchev–Trinajstić information content (AvgIpc) is 3.21. The average molecular weight is 473 g/mol. The van der Waals surface area contributed by atoms with Gasteiger partial charge in [0, 0.05) is 25.9 Å². The molecular formula is C23H28N4O5S. The number of anilines is 1. The number of aromatic nitrogens is 2. The van der Waals surface area contributed by atoms with Crippen molar-refractivity contribution in [3.63, 3.8) is 0 Å². The molecule has 0 fully saturated rings. The highest BCUT2D eigenvalue weighted by Gasteiger charge is 2.26. The van der Waals surface area contributed by atoms with Crippen molar-refractivity contribution < 1.29 is 22.5 Å². The highest BCUT2D eigenvalue weighted by Crippen LogP contribution is 2.27. The summed E-state index contributed by atoms with van der Waals surface area (Å²) in [5.41, 5.74) is 2.32. The Morgan fingerprint density at radius 1 is 1.09 bits per heavy atom. The molecule has 10 heteroatoms. The molecule has 0 bridgehead atoms. The molecule has 3 rings (SSSR count). The summed E-state index contributed by atoms with van der Waals surface area (Å²) in [6.45, 7) is 5.80. The van der Waals surface area contributed by atoms with Gasteiger partial charge in [0.1, 0.15) is 5.75 Å². The predicted octanol–water partition coefficient (Wildman–Crippen LogP) is 2.95.